The number of hydrogen-bond donors (Lipinski definition) is 0. The highest BCUT2D eigenvalue weighted by Gasteiger charge is 2.19. The molecule has 0 rings (SSSR count). The highest BCUT2D eigenvalue weighted by atomic mass is 16.6. The van der Waals surface area contributed by atoms with Gasteiger partial charge >= 0.3 is 17.9 Å². The Hall–Kier alpha value is -2.89. The van der Waals surface area contributed by atoms with E-state index in [4.69, 9.17) is 14.2 Å². The normalized spacial score (nSPS) is 12.4. The number of rotatable bonds is 61. The Labute approximate surface area is 472 Å². The Bertz CT molecular complexity index is 1360. The fourth-order valence-corrected chi connectivity index (χ4v) is 9.79. The second kappa shape index (κ2) is 64.6. The predicted octanol–water partition coefficient (Wildman–Crippen LogP) is 22.7. The minimum atomic E-state index is -0.772. The summed E-state index contributed by atoms with van der Waals surface area (Å²) in [5.41, 5.74) is 0. The zero-order valence-corrected chi connectivity index (χ0v) is 50.8. The van der Waals surface area contributed by atoms with Crippen molar-refractivity contribution in [3.63, 3.8) is 0 Å². The van der Waals surface area contributed by atoms with Crippen molar-refractivity contribution in [2.45, 2.75) is 354 Å². The highest BCUT2D eigenvalue weighted by molar-refractivity contribution is 5.71. The molecule has 1 atom stereocenters. The smallest absolute Gasteiger partial charge is 0.306 e. The van der Waals surface area contributed by atoms with E-state index in [0.717, 1.165) is 89.9 Å². The molecule has 6 nitrogen and oxygen atoms in total. The van der Waals surface area contributed by atoms with Crippen LogP contribution in [-0.4, -0.2) is 37.2 Å². The topological polar surface area (TPSA) is 78.9 Å². The maximum atomic E-state index is 12.9. The molecule has 0 fully saturated rings. The van der Waals surface area contributed by atoms with Crippen molar-refractivity contribution in [3.05, 3.63) is 60.8 Å². The van der Waals surface area contributed by atoms with Gasteiger partial charge in [0.05, 0.1) is 0 Å². The third kappa shape index (κ3) is 62.0. The van der Waals surface area contributed by atoms with Crippen LogP contribution in [-0.2, 0) is 28.6 Å². The molecule has 0 spiro atoms. The van der Waals surface area contributed by atoms with Crippen LogP contribution in [0.1, 0.15) is 348 Å². The average molecular weight is 1060 g/mol. The van der Waals surface area contributed by atoms with Crippen molar-refractivity contribution in [2.24, 2.45) is 0 Å². The maximum absolute atomic E-state index is 12.9. The molecule has 0 aromatic carbocycles. The van der Waals surface area contributed by atoms with Crippen LogP contribution in [0.4, 0.5) is 0 Å². The van der Waals surface area contributed by atoms with Crippen LogP contribution in [0.15, 0.2) is 60.8 Å². The van der Waals surface area contributed by atoms with Crippen molar-refractivity contribution in [1.82, 2.24) is 0 Å². The minimum absolute atomic E-state index is 0.0706. The second-order valence-electron chi connectivity index (χ2n) is 22.4. The van der Waals surface area contributed by atoms with Gasteiger partial charge in [-0.3, -0.25) is 14.4 Å². The van der Waals surface area contributed by atoms with E-state index in [1.165, 1.54) is 218 Å². The molecular weight excluding hydrogens is 937 g/mol. The number of carbonyl (C=O) groups excluding carboxylic acids is 3. The van der Waals surface area contributed by atoms with Gasteiger partial charge in [0.1, 0.15) is 13.2 Å². The minimum Gasteiger partial charge on any atom is -0.462 e. The van der Waals surface area contributed by atoms with Crippen LogP contribution in [0.2, 0.25) is 0 Å². The third-order valence-corrected chi connectivity index (χ3v) is 14.8. The van der Waals surface area contributed by atoms with Crippen molar-refractivity contribution in [3.8, 4) is 0 Å². The Morgan fingerprint density at radius 3 is 0.842 bits per heavy atom. The summed E-state index contributed by atoms with van der Waals surface area (Å²) in [5.74, 6) is -0.860. The Balaban J connectivity index is 4.06. The molecule has 0 aliphatic carbocycles. The number of unbranched alkanes of at least 4 members (excludes halogenated alkanes) is 40. The van der Waals surface area contributed by atoms with Crippen molar-refractivity contribution >= 4 is 17.9 Å². The molecule has 442 valence electrons. The summed E-state index contributed by atoms with van der Waals surface area (Å²) in [6.45, 7) is 6.54. The summed E-state index contributed by atoms with van der Waals surface area (Å²) in [7, 11) is 0. The molecule has 0 N–H and O–H groups in total. The van der Waals surface area contributed by atoms with E-state index in [-0.39, 0.29) is 31.1 Å². The van der Waals surface area contributed by atoms with Gasteiger partial charge < -0.3 is 14.2 Å². The van der Waals surface area contributed by atoms with Gasteiger partial charge in [0.25, 0.3) is 0 Å². The van der Waals surface area contributed by atoms with Gasteiger partial charge in [-0.1, -0.05) is 306 Å². The molecule has 0 amide bonds. The van der Waals surface area contributed by atoms with Crippen molar-refractivity contribution in [2.75, 3.05) is 13.2 Å². The summed E-state index contributed by atoms with van der Waals surface area (Å²) < 4.78 is 16.9. The van der Waals surface area contributed by atoms with Crippen LogP contribution in [0.5, 0.6) is 0 Å². The lowest BCUT2D eigenvalue weighted by Crippen LogP contribution is -2.30. The molecule has 0 aliphatic heterocycles. The van der Waals surface area contributed by atoms with Gasteiger partial charge in [-0.05, 0) is 83.5 Å². The number of ether oxygens (including phenoxy) is 3. The second-order valence-corrected chi connectivity index (χ2v) is 22.4. The van der Waals surface area contributed by atoms with Crippen LogP contribution in [0.3, 0.4) is 0 Å². The number of esters is 3. The fourth-order valence-electron chi connectivity index (χ4n) is 9.79. The summed E-state index contributed by atoms with van der Waals surface area (Å²) in [5, 5.41) is 0. The van der Waals surface area contributed by atoms with Gasteiger partial charge in [-0.15, -0.1) is 0 Å². The van der Waals surface area contributed by atoms with Crippen LogP contribution < -0.4 is 0 Å². The lowest BCUT2D eigenvalue weighted by Gasteiger charge is -2.18. The molecule has 0 aromatic rings. The molecule has 6 heteroatoms. The van der Waals surface area contributed by atoms with Crippen molar-refractivity contribution < 1.29 is 28.6 Å². The van der Waals surface area contributed by atoms with Crippen LogP contribution in [0.25, 0.3) is 0 Å². The number of carbonyl (C=O) groups is 3. The number of allylic oxidation sites excluding steroid dienone is 10. The molecular formula is C70H126O6. The quantitative estimate of drug-likeness (QED) is 0.0261. The van der Waals surface area contributed by atoms with E-state index in [1.54, 1.807) is 0 Å². The summed E-state index contributed by atoms with van der Waals surface area (Å²) in [4.78, 5) is 38.2. The zero-order chi connectivity index (χ0) is 55.0. The molecule has 0 saturated heterocycles. The van der Waals surface area contributed by atoms with E-state index >= 15 is 0 Å². The summed E-state index contributed by atoms with van der Waals surface area (Å²) in [6, 6.07) is 0. The van der Waals surface area contributed by atoms with E-state index in [2.05, 4.69) is 81.5 Å². The molecule has 0 bridgehead atoms. The first-order chi connectivity index (χ1) is 37.5. The third-order valence-electron chi connectivity index (χ3n) is 14.8. The first-order valence-electron chi connectivity index (χ1n) is 33.3. The first-order valence-corrected chi connectivity index (χ1v) is 33.3. The van der Waals surface area contributed by atoms with Crippen LogP contribution >= 0.6 is 0 Å². The first kappa shape index (κ1) is 73.1. The summed E-state index contributed by atoms with van der Waals surface area (Å²) >= 11 is 0. The van der Waals surface area contributed by atoms with Gasteiger partial charge in [-0.25, -0.2) is 0 Å². The largest absolute Gasteiger partial charge is 0.462 e. The van der Waals surface area contributed by atoms with Gasteiger partial charge in [-0.2, -0.15) is 0 Å². The predicted molar refractivity (Wildman–Crippen MR) is 330 cm³/mol. The van der Waals surface area contributed by atoms with Crippen molar-refractivity contribution in [1.29, 1.82) is 0 Å². The Morgan fingerprint density at radius 2 is 0.513 bits per heavy atom. The highest BCUT2D eigenvalue weighted by Crippen LogP contribution is 2.18. The average Bonchev–Trinajstić information content (AvgIpc) is 3.42. The van der Waals surface area contributed by atoms with Gasteiger partial charge in [0.15, 0.2) is 6.10 Å². The molecule has 0 heterocycles. The van der Waals surface area contributed by atoms with E-state index in [0.29, 0.717) is 19.3 Å². The van der Waals surface area contributed by atoms with Gasteiger partial charge in [0.2, 0.25) is 0 Å². The molecule has 0 aliphatic rings. The zero-order valence-electron chi connectivity index (χ0n) is 50.8. The molecule has 0 radical (unpaired) electrons. The molecule has 76 heavy (non-hydrogen) atoms. The number of hydrogen-bond acceptors (Lipinski definition) is 6. The Morgan fingerprint density at radius 1 is 0.276 bits per heavy atom. The molecule has 0 aromatic heterocycles. The van der Waals surface area contributed by atoms with Gasteiger partial charge in [0, 0.05) is 19.3 Å². The fraction of sp³-hybridized carbons (Fsp3) is 0.814. The molecule has 0 saturated carbocycles. The van der Waals surface area contributed by atoms with E-state index in [1.807, 2.05) is 0 Å². The molecule has 1 unspecified atom stereocenters. The van der Waals surface area contributed by atoms with Crippen LogP contribution in [0, 0.1) is 0 Å². The SMILES string of the molecule is CC/C=C\C/C=C\C/C=C\C/C=C\CCCCCCCCCCCCCCCCCCCCCCC(=O)OCC(COC(=O)CCCCCCC/C=C\CCCCC)OC(=O)CCCCCCCCCCCCCCC. The van der Waals surface area contributed by atoms with E-state index < -0.39 is 6.10 Å². The monoisotopic (exact) mass is 1060 g/mol. The standard InChI is InChI=1S/C70H126O6/c1-4-7-10-13-16-19-22-25-26-27-28-29-30-31-32-33-34-35-36-37-38-39-40-41-42-43-44-46-48-51-54-57-60-63-69(72)75-66-67(65-74-68(71)62-59-56-53-50-47-24-21-18-15-12-9-6-3)76-70(73)64-61-58-55-52-49-45-23-20-17-14-11-8-5-2/h7,10,16,18-19,21,25-26,28-29,67H,4-6,8-9,11-15,17,20,22-24,27,30-66H2,1-3H3/b10-7-,19-16-,21-18-,26-25-,29-28-. The maximum Gasteiger partial charge on any atom is 0.306 e. The summed E-state index contributed by atoms with van der Waals surface area (Å²) in [6.07, 6.45) is 82.5. The lowest BCUT2D eigenvalue weighted by molar-refractivity contribution is -0.167. The Kier molecular flexibility index (Phi) is 62.2. The van der Waals surface area contributed by atoms with E-state index in [9.17, 15) is 14.4 Å². The lowest BCUT2D eigenvalue weighted by atomic mass is 10.0.